The van der Waals surface area contributed by atoms with Crippen molar-refractivity contribution < 1.29 is 9.50 Å². The average Bonchev–Trinajstić information content (AvgIpc) is 2.63. The summed E-state index contributed by atoms with van der Waals surface area (Å²) >= 11 is 3.28. The molecule has 1 saturated carbocycles. The molecule has 0 spiro atoms. The van der Waals surface area contributed by atoms with Gasteiger partial charge >= 0.3 is 0 Å². The van der Waals surface area contributed by atoms with E-state index in [1.54, 1.807) is 6.07 Å². The zero-order chi connectivity index (χ0) is 12.3. The maximum atomic E-state index is 13.1. The SMILES string of the molecule is OC1CCC(CNCc2cc(F)cc(Br)c2)C1. The van der Waals surface area contributed by atoms with Crippen molar-refractivity contribution in [3.8, 4) is 0 Å². The molecule has 94 valence electrons. The predicted octanol–water partition coefficient (Wildman–Crippen LogP) is 2.84. The third kappa shape index (κ3) is 4.05. The molecule has 2 rings (SSSR count). The van der Waals surface area contributed by atoms with Gasteiger partial charge in [-0.1, -0.05) is 15.9 Å². The van der Waals surface area contributed by atoms with Crippen molar-refractivity contribution in [2.45, 2.75) is 31.9 Å². The Morgan fingerprint density at radius 1 is 1.35 bits per heavy atom. The van der Waals surface area contributed by atoms with Gasteiger partial charge in [-0.25, -0.2) is 4.39 Å². The monoisotopic (exact) mass is 301 g/mol. The molecule has 1 aliphatic carbocycles. The predicted molar refractivity (Wildman–Crippen MR) is 69.2 cm³/mol. The van der Waals surface area contributed by atoms with Crippen LogP contribution in [0.1, 0.15) is 24.8 Å². The lowest BCUT2D eigenvalue weighted by molar-refractivity contribution is 0.177. The Morgan fingerprint density at radius 2 is 2.18 bits per heavy atom. The van der Waals surface area contributed by atoms with Gasteiger partial charge < -0.3 is 10.4 Å². The van der Waals surface area contributed by atoms with Crippen molar-refractivity contribution in [2.75, 3.05) is 6.54 Å². The summed E-state index contributed by atoms with van der Waals surface area (Å²) in [5, 5.41) is 12.7. The molecule has 1 aliphatic rings. The minimum absolute atomic E-state index is 0.120. The van der Waals surface area contributed by atoms with E-state index in [0.29, 0.717) is 12.5 Å². The highest BCUT2D eigenvalue weighted by molar-refractivity contribution is 9.10. The summed E-state index contributed by atoms with van der Waals surface area (Å²) in [6.07, 6.45) is 2.77. The van der Waals surface area contributed by atoms with E-state index in [2.05, 4.69) is 21.2 Å². The van der Waals surface area contributed by atoms with Gasteiger partial charge in [-0.2, -0.15) is 0 Å². The first-order valence-electron chi connectivity index (χ1n) is 5.97. The van der Waals surface area contributed by atoms with Gasteiger partial charge in [-0.15, -0.1) is 0 Å². The number of hydrogen-bond donors (Lipinski definition) is 2. The standard InChI is InChI=1S/C13H17BrFNO/c14-11-3-10(4-12(15)6-11)8-16-7-9-1-2-13(17)5-9/h3-4,6,9,13,16-17H,1-2,5,7-8H2. The fraction of sp³-hybridized carbons (Fsp3) is 0.538. The summed E-state index contributed by atoms with van der Waals surface area (Å²) in [7, 11) is 0. The number of benzene rings is 1. The third-order valence-electron chi connectivity index (χ3n) is 3.20. The minimum Gasteiger partial charge on any atom is -0.393 e. The normalized spacial score (nSPS) is 24.2. The van der Waals surface area contributed by atoms with Crippen LogP contribution < -0.4 is 5.32 Å². The molecule has 4 heteroatoms. The molecule has 2 atom stereocenters. The molecule has 0 radical (unpaired) electrons. The largest absolute Gasteiger partial charge is 0.393 e. The quantitative estimate of drug-likeness (QED) is 0.896. The van der Waals surface area contributed by atoms with Crippen molar-refractivity contribution in [1.82, 2.24) is 5.32 Å². The first-order chi connectivity index (χ1) is 8.13. The number of aliphatic hydroxyl groups is 1. The van der Waals surface area contributed by atoms with Crippen LogP contribution >= 0.6 is 15.9 Å². The van der Waals surface area contributed by atoms with Crippen molar-refractivity contribution >= 4 is 15.9 Å². The molecule has 1 aromatic rings. The Labute approximate surface area is 109 Å². The topological polar surface area (TPSA) is 32.3 Å². The zero-order valence-electron chi connectivity index (χ0n) is 9.63. The molecule has 0 amide bonds. The van der Waals surface area contributed by atoms with Gasteiger partial charge in [0.2, 0.25) is 0 Å². The first-order valence-corrected chi connectivity index (χ1v) is 6.76. The van der Waals surface area contributed by atoms with E-state index in [1.165, 1.54) is 6.07 Å². The van der Waals surface area contributed by atoms with Crippen molar-refractivity contribution in [2.24, 2.45) is 5.92 Å². The Kier molecular flexibility index (Phi) is 4.54. The van der Waals surface area contributed by atoms with Crippen LogP contribution in [0.4, 0.5) is 4.39 Å². The summed E-state index contributed by atoms with van der Waals surface area (Å²) in [5.74, 6) is 0.342. The zero-order valence-corrected chi connectivity index (χ0v) is 11.2. The number of halogens is 2. The van der Waals surface area contributed by atoms with Crippen LogP contribution in [0.25, 0.3) is 0 Å². The summed E-state index contributed by atoms with van der Waals surface area (Å²) in [5.41, 5.74) is 0.940. The van der Waals surface area contributed by atoms with Crippen LogP contribution in [-0.2, 0) is 6.54 Å². The Bertz CT molecular complexity index is 365. The van der Waals surface area contributed by atoms with Crippen molar-refractivity contribution in [3.05, 3.63) is 34.1 Å². The first kappa shape index (κ1) is 13.0. The van der Waals surface area contributed by atoms with Gasteiger partial charge in [0, 0.05) is 11.0 Å². The van der Waals surface area contributed by atoms with Crippen LogP contribution in [0.3, 0.4) is 0 Å². The fourth-order valence-corrected chi connectivity index (χ4v) is 2.88. The second kappa shape index (κ2) is 5.94. The molecule has 0 bridgehead atoms. The summed E-state index contributed by atoms with van der Waals surface area (Å²) in [6, 6.07) is 4.91. The molecule has 0 aromatic heterocycles. The van der Waals surface area contributed by atoms with E-state index in [1.807, 2.05) is 6.07 Å². The number of aliphatic hydroxyl groups excluding tert-OH is 1. The lowest BCUT2D eigenvalue weighted by atomic mass is 10.1. The molecule has 0 aliphatic heterocycles. The van der Waals surface area contributed by atoms with E-state index in [0.717, 1.165) is 35.8 Å². The summed E-state index contributed by atoms with van der Waals surface area (Å²) in [4.78, 5) is 0. The molecule has 2 N–H and O–H groups in total. The summed E-state index contributed by atoms with van der Waals surface area (Å²) < 4.78 is 13.9. The smallest absolute Gasteiger partial charge is 0.124 e. The molecular formula is C13H17BrFNO. The van der Waals surface area contributed by atoms with E-state index in [4.69, 9.17) is 0 Å². The lowest BCUT2D eigenvalue weighted by Gasteiger charge is -2.11. The molecule has 0 heterocycles. The average molecular weight is 302 g/mol. The minimum atomic E-state index is -0.215. The van der Waals surface area contributed by atoms with E-state index >= 15 is 0 Å². The van der Waals surface area contributed by atoms with Gasteiger partial charge in [0.15, 0.2) is 0 Å². The highest BCUT2D eigenvalue weighted by atomic mass is 79.9. The Hall–Kier alpha value is -0.450. The van der Waals surface area contributed by atoms with Crippen LogP contribution in [0, 0.1) is 11.7 Å². The Balaban J connectivity index is 1.78. The summed E-state index contributed by atoms with van der Waals surface area (Å²) in [6.45, 7) is 1.56. The maximum Gasteiger partial charge on any atom is 0.124 e. The molecular weight excluding hydrogens is 285 g/mol. The van der Waals surface area contributed by atoms with Crippen molar-refractivity contribution in [1.29, 1.82) is 0 Å². The maximum absolute atomic E-state index is 13.1. The second-order valence-electron chi connectivity index (χ2n) is 4.74. The Morgan fingerprint density at radius 3 is 2.82 bits per heavy atom. The number of hydrogen-bond acceptors (Lipinski definition) is 2. The number of nitrogens with one attached hydrogen (secondary N) is 1. The molecule has 1 fully saturated rings. The van der Waals surface area contributed by atoms with E-state index in [-0.39, 0.29) is 11.9 Å². The third-order valence-corrected chi connectivity index (χ3v) is 3.66. The molecule has 17 heavy (non-hydrogen) atoms. The van der Waals surface area contributed by atoms with Crippen LogP contribution in [0.15, 0.2) is 22.7 Å². The fourth-order valence-electron chi connectivity index (χ4n) is 2.37. The highest BCUT2D eigenvalue weighted by Crippen LogP contribution is 2.24. The van der Waals surface area contributed by atoms with E-state index in [9.17, 15) is 9.50 Å². The molecule has 1 aromatic carbocycles. The van der Waals surface area contributed by atoms with Gasteiger partial charge in [-0.3, -0.25) is 0 Å². The van der Waals surface area contributed by atoms with Gasteiger partial charge in [-0.05, 0) is 55.5 Å². The number of rotatable bonds is 4. The van der Waals surface area contributed by atoms with E-state index < -0.39 is 0 Å². The van der Waals surface area contributed by atoms with Crippen LogP contribution in [0.5, 0.6) is 0 Å². The second-order valence-corrected chi connectivity index (χ2v) is 5.66. The van der Waals surface area contributed by atoms with Crippen molar-refractivity contribution in [3.63, 3.8) is 0 Å². The van der Waals surface area contributed by atoms with Gasteiger partial charge in [0.1, 0.15) is 5.82 Å². The highest BCUT2D eigenvalue weighted by Gasteiger charge is 2.21. The van der Waals surface area contributed by atoms with Gasteiger partial charge in [0.25, 0.3) is 0 Å². The van der Waals surface area contributed by atoms with Crippen LogP contribution in [-0.4, -0.2) is 17.8 Å². The lowest BCUT2D eigenvalue weighted by Crippen LogP contribution is -2.21. The van der Waals surface area contributed by atoms with Crippen LogP contribution in [0.2, 0.25) is 0 Å². The molecule has 2 nitrogen and oxygen atoms in total. The molecule has 0 saturated heterocycles. The molecule has 2 unspecified atom stereocenters. The van der Waals surface area contributed by atoms with Gasteiger partial charge in [0.05, 0.1) is 6.10 Å².